The second kappa shape index (κ2) is 7.23. The first-order valence-electron chi connectivity index (χ1n) is 9.12. The van der Waals surface area contributed by atoms with Crippen molar-refractivity contribution in [1.82, 2.24) is 9.55 Å². The highest BCUT2D eigenvalue weighted by Crippen LogP contribution is 2.35. The number of nitrogens with one attached hydrogen (secondary N) is 1. The van der Waals surface area contributed by atoms with Crippen molar-refractivity contribution in [3.8, 4) is 5.69 Å². The summed E-state index contributed by atoms with van der Waals surface area (Å²) in [7, 11) is 0. The molecule has 2 heterocycles. The molecule has 0 saturated carbocycles. The molecule has 0 aliphatic carbocycles. The van der Waals surface area contributed by atoms with Crippen molar-refractivity contribution in [3.63, 3.8) is 0 Å². The van der Waals surface area contributed by atoms with Gasteiger partial charge in [-0.15, -0.1) is 0 Å². The summed E-state index contributed by atoms with van der Waals surface area (Å²) in [4.78, 5) is 30.7. The molecule has 0 radical (unpaired) electrons. The van der Waals surface area contributed by atoms with Crippen LogP contribution in [0, 0.1) is 0 Å². The van der Waals surface area contributed by atoms with Crippen LogP contribution in [0.1, 0.15) is 11.4 Å². The van der Waals surface area contributed by atoms with Gasteiger partial charge >= 0.3 is 0 Å². The molecule has 0 saturated heterocycles. The van der Waals surface area contributed by atoms with Gasteiger partial charge in [0.25, 0.3) is 11.5 Å². The molecule has 0 spiro atoms. The number of carbonyl (C=O) groups excluding carboxylic acids is 1. The molecular formula is C23H13BrClN3O2. The minimum atomic E-state index is -0.256. The zero-order valence-corrected chi connectivity index (χ0v) is 17.7. The number of anilines is 1. The van der Waals surface area contributed by atoms with E-state index in [4.69, 9.17) is 11.6 Å². The highest BCUT2D eigenvalue weighted by Gasteiger charge is 2.25. The van der Waals surface area contributed by atoms with Gasteiger partial charge in [-0.2, -0.15) is 0 Å². The molecule has 1 amide bonds. The first-order valence-corrected chi connectivity index (χ1v) is 10.3. The second-order valence-corrected chi connectivity index (χ2v) is 8.10. The first-order chi connectivity index (χ1) is 14.5. The number of nitrogens with zero attached hydrogens (tertiary/aromatic N) is 2. The lowest BCUT2D eigenvalue weighted by molar-refractivity contribution is -0.110. The van der Waals surface area contributed by atoms with Crippen LogP contribution in [0.15, 0.2) is 76.0 Å². The summed E-state index contributed by atoms with van der Waals surface area (Å²) in [5, 5.41) is 3.73. The van der Waals surface area contributed by atoms with E-state index in [1.165, 1.54) is 4.57 Å². The van der Waals surface area contributed by atoms with Crippen molar-refractivity contribution in [3.05, 3.63) is 98.0 Å². The van der Waals surface area contributed by atoms with Gasteiger partial charge in [-0.25, -0.2) is 4.98 Å². The summed E-state index contributed by atoms with van der Waals surface area (Å²) >= 11 is 9.86. The SMILES string of the molecule is O=C1Nc2ccc(Br)cc2/C1=C\c1nc2ccccc2c(=O)n1-c1ccccc1Cl. The largest absolute Gasteiger partial charge is 0.321 e. The maximum atomic E-state index is 13.4. The topological polar surface area (TPSA) is 64.0 Å². The average Bonchev–Trinajstić information content (AvgIpc) is 3.04. The van der Waals surface area contributed by atoms with Crippen LogP contribution in [0.2, 0.25) is 5.02 Å². The summed E-state index contributed by atoms with van der Waals surface area (Å²) < 4.78 is 2.29. The minimum absolute atomic E-state index is 0.254. The molecular weight excluding hydrogens is 466 g/mol. The van der Waals surface area contributed by atoms with E-state index in [1.54, 1.807) is 48.5 Å². The Hall–Kier alpha value is -3.22. The monoisotopic (exact) mass is 477 g/mol. The van der Waals surface area contributed by atoms with E-state index < -0.39 is 0 Å². The van der Waals surface area contributed by atoms with Gasteiger partial charge in [-0.1, -0.05) is 51.8 Å². The molecule has 5 rings (SSSR count). The van der Waals surface area contributed by atoms with Crippen molar-refractivity contribution in [2.75, 3.05) is 5.32 Å². The fourth-order valence-electron chi connectivity index (χ4n) is 3.55. The van der Waals surface area contributed by atoms with E-state index >= 15 is 0 Å². The molecule has 7 heteroatoms. The summed E-state index contributed by atoms with van der Waals surface area (Å²) in [5.74, 6) is 0.0704. The lowest BCUT2D eigenvalue weighted by Crippen LogP contribution is -2.23. The summed E-state index contributed by atoms with van der Waals surface area (Å²) in [6.45, 7) is 0. The Kier molecular flexibility index (Phi) is 4.53. The number of hydrogen-bond donors (Lipinski definition) is 1. The molecule has 30 heavy (non-hydrogen) atoms. The normalized spacial score (nSPS) is 14.2. The summed E-state index contributed by atoms with van der Waals surface area (Å²) in [6, 6.07) is 19.7. The lowest BCUT2D eigenvalue weighted by Gasteiger charge is -2.13. The molecule has 1 N–H and O–H groups in total. The number of rotatable bonds is 2. The quantitative estimate of drug-likeness (QED) is 0.398. The average molecular weight is 479 g/mol. The second-order valence-electron chi connectivity index (χ2n) is 6.78. The molecule has 1 aliphatic rings. The van der Waals surface area contributed by atoms with Crippen molar-refractivity contribution in [2.45, 2.75) is 0 Å². The Morgan fingerprint density at radius 1 is 1.00 bits per heavy atom. The van der Waals surface area contributed by atoms with Crippen LogP contribution in [0.4, 0.5) is 5.69 Å². The maximum absolute atomic E-state index is 13.4. The van der Waals surface area contributed by atoms with Gasteiger partial charge in [0.15, 0.2) is 0 Å². The molecule has 1 aromatic heterocycles. The fourth-order valence-corrected chi connectivity index (χ4v) is 4.13. The highest BCUT2D eigenvalue weighted by molar-refractivity contribution is 9.10. The number of fused-ring (bicyclic) bond motifs is 2. The Morgan fingerprint density at radius 3 is 2.60 bits per heavy atom. The van der Waals surface area contributed by atoms with E-state index in [9.17, 15) is 9.59 Å². The van der Waals surface area contributed by atoms with Gasteiger partial charge in [0.2, 0.25) is 0 Å². The molecule has 5 nitrogen and oxygen atoms in total. The van der Waals surface area contributed by atoms with Crippen molar-refractivity contribution in [1.29, 1.82) is 0 Å². The molecule has 1 aliphatic heterocycles. The highest BCUT2D eigenvalue weighted by atomic mass is 79.9. The number of benzene rings is 3. The Balaban J connectivity index is 1.84. The van der Waals surface area contributed by atoms with Crippen LogP contribution in [0.3, 0.4) is 0 Å². The number of carbonyl (C=O) groups is 1. The molecule has 3 aromatic carbocycles. The third-order valence-electron chi connectivity index (χ3n) is 4.93. The van der Waals surface area contributed by atoms with Crippen LogP contribution in [0.25, 0.3) is 28.2 Å². The zero-order valence-electron chi connectivity index (χ0n) is 15.4. The van der Waals surface area contributed by atoms with Gasteiger partial charge in [0.1, 0.15) is 5.82 Å². The molecule has 4 aromatic rings. The van der Waals surface area contributed by atoms with E-state index in [0.29, 0.717) is 38.7 Å². The first kappa shape index (κ1) is 18.8. The van der Waals surface area contributed by atoms with Gasteiger partial charge < -0.3 is 5.32 Å². The standard InChI is InChI=1S/C23H13BrClN3O2/c24-13-9-10-19-15(11-13)16(22(29)27-19)12-21-26-18-7-3-1-5-14(18)23(30)28(21)20-8-4-2-6-17(20)25/h1-12H,(H,27,29)/b16-12+. The fraction of sp³-hybridized carbons (Fsp3) is 0. The van der Waals surface area contributed by atoms with E-state index in [0.717, 1.165) is 10.0 Å². The maximum Gasteiger partial charge on any atom is 0.266 e. The van der Waals surface area contributed by atoms with Crippen molar-refractivity contribution >= 4 is 61.7 Å². The Morgan fingerprint density at radius 2 is 1.77 bits per heavy atom. The van der Waals surface area contributed by atoms with Crippen LogP contribution in [-0.2, 0) is 4.79 Å². The van der Waals surface area contributed by atoms with Crippen LogP contribution >= 0.6 is 27.5 Å². The molecule has 146 valence electrons. The van der Waals surface area contributed by atoms with Gasteiger partial charge in [-0.05, 0) is 48.5 Å². The van der Waals surface area contributed by atoms with Gasteiger partial charge in [-0.3, -0.25) is 14.2 Å². The third-order valence-corrected chi connectivity index (χ3v) is 5.75. The lowest BCUT2D eigenvalue weighted by atomic mass is 10.1. The molecule has 0 atom stereocenters. The van der Waals surface area contributed by atoms with Crippen LogP contribution < -0.4 is 10.9 Å². The number of aromatic nitrogens is 2. The van der Waals surface area contributed by atoms with Crippen molar-refractivity contribution in [2.24, 2.45) is 0 Å². The zero-order chi connectivity index (χ0) is 20.8. The smallest absolute Gasteiger partial charge is 0.266 e. The number of amides is 1. The van der Waals surface area contributed by atoms with Crippen LogP contribution in [-0.4, -0.2) is 15.5 Å². The molecule has 0 fully saturated rings. The number of para-hydroxylation sites is 2. The Bertz CT molecular complexity index is 1440. The minimum Gasteiger partial charge on any atom is -0.321 e. The van der Waals surface area contributed by atoms with Gasteiger partial charge in [0.05, 0.1) is 27.2 Å². The van der Waals surface area contributed by atoms with Crippen molar-refractivity contribution < 1.29 is 4.79 Å². The summed E-state index contributed by atoms with van der Waals surface area (Å²) in [6.07, 6.45) is 1.63. The number of hydrogen-bond acceptors (Lipinski definition) is 3. The Labute approximate surface area is 184 Å². The predicted molar refractivity (Wildman–Crippen MR) is 123 cm³/mol. The predicted octanol–water partition coefficient (Wildman–Crippen LogP) is 5.29. The van der Waals surface area contributed by atoms with E-state index in [1.807, 2.05) is 24.3 Å². The molecule has 0 unspecified atom stereocenters. The van der Waals surface area contributed by atoms with Gasteiger partial charge in [0, 0.05) is 15.7 Å². The van der Waals surface area contributed by atoms with Crippen LogP contribution in [0.5, 0.6) is 0 Å². The summed E-state index contributed by atoms with van der Waals surface area (Å²) in [5.41, 5.74) is 2.67. The van der Waals surface area contributed by atoms with E-state index in [2.05, 4.69) is 26.2 Å². The number of halogens is 2. The third kappa shape index (κ3) is 3.05. The van der Waals surface area contributed by atoms with E-state index in [-0.39, 0.29) is 11.5 Å². The molecule has 0 bridgehead atoms.